The van der Waals surface area contributed by atoms with Crippen molar-refractivity contribution in [2.75, 3.05) is 0 Å². The van der Waals surface area contributed by atoms with E-state index in [2.05, 4.69) is 177 Å². The minimum atomic E-state index is -4.23. The third-order valence-electron chi connectivity index (χ3n) is 13.9. The molecule has 0 aliphatic heterocycles. The molecule has 1 fully saturated rings. The Morgan fingerprint density at radius 2 is 0.628 bits per heavy atom. The molecule has 1 aliphatic carbocycles. The summed E-state index contributed by atoms with van der Waals surface area (Å²) in [6.07, 6.45) is 3.24. The minimum absolute atomic E-state index is 0.00500. The average molecular weight is 1090 g/mol. The van der Waals surface area contributed by atoms with E-state index in [0.29, 0.717) is 35.2 Å². The first-order chi connectivity index (χ1) is 36.3. The van der Waals surface area contributed by atoms with Crippen LogP contribution in [-0.2, 0) is 11.6 Å². The molecule has 7 rings (SSSR count). The van der Waals surface area contributed by atoms with E-state index < -0.39 is 29.2 Å². The number of benzene rings is 6. The fourth-order valence-electron chi connectivity index (χ4n) is 8.09. The average Bonchev–Trinajstić information content (AvgIpc) is 3.39. The normalized spacial score (nSPS) is 12.6. The van der Waals surface area contributed by atoms with Gasteiger partial charge in [-0.25, -0.2) is 17.6 Å². The summed E-state index contributed by atoms with van der Waals surface area (Å²) < 4.78 is 86.3. The van der Waals surface area contributed by atoms with Crippen molar-refractivity contribution >= 4 is 0 Å². The van der Waals surface area contributed by atoms with Crippen molar-refractivity contribution in [1.29, 1.82) is 0 Å². The van der Waals surface area contributed by atoms with Gasteiger partial charge >= 0.3 is 6.18 Å². The molecule has 1 aliphatic rings. The van der Waals surface area contributed by atoms with Crippen LogP contribution in [-0.4, -0.2) is 0 Å². The molecule has 0 amide bonds. The molecule has 0 heterocycles. The second kappa shape index (κ2) is 35.4. The smallest absolute Gasteiger partial charge is 0.207 e. The third kappa shape index (κ3) is 28.1. The standard InChI is InChI=1S/C13H20.C12H18.C10H11F3.C9H9F3.C9H11F.C9H18.C9H12/c1-10(2)11-6-8-12(9-7-11)13(3,4)5;1-9(2)11-5-7-12(8-6-11)10(3)4;1-7(2)8-3-5-9(6-4-8)10(11,12)13;1-5(2)6-3-7(10)9(12)8(11)4-6;1-7(2)8-3-5-9(10)6-4-8;2*1-8(2)9-6-4-3-5-7-9/h6-10H,1-5H3;5-10H,1-4H3;3-7H,1-2H3;3-5H,1-2H3;3-7H,1-2H3;8-9H,3-7H2,1-2H3;3-8H,1-2H3. The van der Waals surface area contributed by atoms with E-state index >= 15 is 0 Å². The third-order valence-corrected chi connectivity index (χ3v) is 13.9. The van der Waals surface area contributed by atoms with Crippen molar-refractivity contribution in [3.05, 3.63) is 213 Å². The summed E-state index contributed by atoms with van der Waals surface area (Å²) in [6, 6.07) is 42.4. The summed E-state index contributed by atoms with van der Waals surface area (Å²) in [5, 5.41) is 0. The zero-order valence-corrected chi connectivity index (χ0v) is 51.2. The van der Waals surface area contributed by atoms with E-state index in [1.165, 1.54) is 89.8 Å². The van der Waals surface area contributed by atoms with E-state index in [-0.39, 0.29) is 23.1 Å². The predicted octanol–water partition coefficient (Wildman–Crippen LogP) is 24.1. The molecule has 78 heavy (non-hydrogen) atoms. The largest absolute Gasteiger partial charge is 0.416 e. The van der Waals surface area contributed by atoms with Gasteiger partial charge in [0.2, 0.25) is 0 Å². The van der Waals surface area contributed by atoms with Crippen LogP contribution in [0.2, 0.25) is 0 Å². The first-order valence-corrected chi connectivity index (χ1v) is 28.6. The molecule has 0 N–H and O–H groups in total. The molecule has 0 aromatic heterocycles. The minimum Gasteiger partial charge on any atom is -0.207 e. The van der Waals surface area contributed by atoms with Crippen LogP contribution >= 0.6 is 0 Å². The SMILES string of the molecule is CC(C)C1CCCCC1.CC(C)c1cc(F)c(F)c(F)c1.CC(C)c1ccc(C(C)(C)C)cc1.CC(C)c1ccc(C(C)C)cc1.CC(C)c1ccc(C(F)(F)F)cc1.CC(C)c1ccc(F)cc1.CC(C)c1ccccc1. The summed E-state index contributed by atoms with van der Waals surface area (Å²) in [5.41, 5.74) is 9.37. The van der Waals surface area contributed by atoms with Crippen molar-refractivity contribution in [3.63, 3.8) is 0 Å². The quantitative estimate of drug-likeness (QED) is 0.105. The van der Waals surface area contributed by atoms with Crippen LogP contribution in [0.4, 0.5) is 30.7 Å². The number of alkyl halides is 3. The van der Waals surface area contributed by atoms with Crippen LogP contribution in [0.3, 0.4) is 0 Å². The van der Waals surface area contributed by atoms with Crippen molar-refractivity contribution < 1.29 is 30.7 Å². The highest BCUT2D eigenvalue weighted by Gasteiger charge is 2.30. The Morgan fingerprint density at radius 3 is 0.885 bits per heavy atom. The summed E-state index contributed by atoms with van der Waals surface area (Å²) in [5.74, 6) is 1.50. The molecular formula is C71H99F7. The molecule has 0 nitrogen and oxygen atoms in total. The Bertz CT molecular complexity index is 2350. The summed E-state index contributed by atoms with van der Waals surface area (Å²) >= 11 is 0. The Balaban J connectivity index is 0.000000457. The van der Waals surface area contributed by atoms with Gasteiger partial charge in [-0.05, 0) is 140 Å². The van der Waals surface area contributed by atoms with Crippen LogP contribution < -0.4 is 0 Å². The second-order valence-electron chi connectivity index (χ2n) is 24.1. The Morgan fingerprint density at radius 1 is 0.346 bits per heavy atom. The highest BCUT2D eigenvalue weighted by molar-refractivity contribution is 5.30. The van der Waals surface area contributed by atoms with E-state index in [0.717, 1.165) is 41.7 Å². The van der Waals surface area contributed by atoms with Gasteiger partial charge in [0.25, 0.3) is 0 Å². The van der Waals surface area contributed by atoms with Crippen LogP contribution in [0.25, 0.3) is 0 Å². The molecule has 0 unspecified atom stereocenters. The first kappa shape index (κ1) is 70.8. The number of halogens is 7. The van der Waals surface area contributed by atoms with Crippen LogP contribution in [0.5, 0.6) is 0 Å². The Labute approximate surface area is 470 Å². The van der Waals surface area contributed by atoms with Gasteiger partial charge in [0.15, 0.2) is 17.5 Å². The van der Waals surface area contributed by atoms with E-state index in [1.54, 1.807) is 13.8 Å². The predicted molar refractivity (Wildman–Crippen MR) is 322 cm³/mol. The maximum atomic E-state index is 12.6. The maximum absolute atomic E-state index is 12.6. The fourth-order valence-corrected chi connectivity index (χ4v) is 8.09. The highest BCUT2D eigenvalue weighted by Crippen LogP contribution is 2.31. The van der Waals surface area contributed by atoms with E-state index in [9.17, 15) is 30.7 Å². The molecule has 0 saturated heterocycles. The summed E-state index contributed by atoms with van der Waals surface area (Å²) in [7, 11) is 0. The monoisotopic (exact) mass is 1080 g/mol. The lowest BCUT2D eigenvalue weighted by Gasteiger charge is -2.24. The van der Waals surface area contributed by atoms with Gasteiger partial charge in [-0.15, -0.1) is 0 Å². The number of rotatable bonds is 8. The van der Waals surface area contributed by atoms with Crippen molar-refractivity contribution in [2.24, 2.45) is 11.8 Å². The number of hydrogen-bond acceptors (Lipinski definition) is 0. The second-order valence-corrected chi connectivity index (χ2v) is 24.1. The molecule has 432 valence electrons. The van der Waals surface area contributed by atoms with Crippen LogP contribution in [0.15, 0.2) is 140 Å². The van der Waals surface area contributed by atoms with Gasteiger partial charge < -0.3 is 0 Å². The molecule has 0 spiro atoms. The topological polar surface area (TPSA) is 0 Å². The first-order valence-electron chi connectivity index (χ1n) is 28.6. The van der Waals surface area contributed by atoms with E-state index in [4.69, 9.17) is 0 Å². The molecule has 6 aromatic carbocycles. The van der Waals surface area contributed by atoms with Gasteiger partial charge in [-0.2, -0.15) is 13.2 Å². The van der Waals surface area contributed by atoms with Crippen molar-refractivity contribution in [3.8, 4) is 0 Å². The van der Waals surface area contributed by atoms with Crippen LogP contribution in [0.1, 0.15) is 255 Å². The summed E-state index contributed by atoms with van der Waals surface area (Å²) in [4.78, 5) is 0. The lowest BCUT2D eigenvalue weighted by atomic mass is 9.82. The lowest BCUT2D eigenvalue weighted by Crippen LogP contribution is -2.12. The van der Waals surface area contributed by atoms with Gasteiger partial charge in [-0.3, -0.25) is 0 Å². The highest BCUT2D eigenvalue weighted by atomic mass is 19.4. The van der Waals surface area contributed by atoms with Crippen molar-refractivity contribution in [1.82, 2.24) is 0 Å². The lowest BCUT2D eigenvalue weighted by molar-refractivity contribution is -0.137. The summed E-state index contributed by atoms with van der Waals surface area (Å²) in [6.45, 7) is 40.9. The van der Waals surface area contributed by atoms with Crippen molar-refractivity contribution in [2.45, 2.75) is 217 Å². The Kier molecular flexibility index (Phi) is 32.2. The van der Waals surface area contributed by atoms with Gasteiger partial charge in [0.05, 0.1) is 5.56 Å². The molecule has 0 bridgehead atoms. The molecule has 6 aromatic rings. The molecule has 1 saturated carbocycles. The number of hydrogen-bond donors (Lipinski definition) is 0. The van der Waals surface area contributed by atoms with Gasteiger partial charge in [0, 0.05) is 0 Å². The zero-order valence-electron chi connectivity index (χ0n) is 51.2. The van der Waals surface area contributed by atoms with Gasteiger partial charge in [0.1, 0.15) is 5.82 Å². The molecule has 7 heteroatoms. The van der Waals surface area contributed by atoms with Gasteiger partial charge in [-0.1, -0.05) is 267 Å². The zero-order chi connectivity index (χ0) is 59.5. The maximum Gasteiger partial charge on any atom is 0.416 e. The molecular weight excluding hydrogens is 986 g/mol. The Hall–Kier alpha value is -5.17. The fraction of sp³-hybridized carbons (Fsp3) is 0.493. The van der Waals surface area contributed by atoms with E-state index in [1.807, 2.05) is 32.0 Å². The molecule has 0 radical (unpaired) electrons. The van der Waals surface area contributed by atoms with Crippen LogP contribution in [0, 0.1) is 35.1 Å². The molecule has 0 atom stereocenters.